The molecule has 0 radical (unpaired) electrons. The van der Waals surface area contributed by atoms with Gasteiger partial charge in [0.25, 0.3) is 5.91 Å². The SMILES string of the molecule is CN(C)C(CNC(=O)c1ccsc1)c1ccsc1. The van der Waals surface area contributed by atoms with Crippen molar-refractivity contribution in [3.8, 4) is 0 Å². The van der Waals surface area contributed by atoms with Crippen LogP contribution in [-0.4, -0.2) is 31.4 Å². The van der Waals surface area contributed by atoms with Crippen LogP contribution in [0.3, 0.4) is 0 Å². The van der Waals surface area contributed by atoms with Crippen molar-refractivity contribution in [2.24, 2.45) is 0 Å². The minimum Gasteiger partial charge on any atom is -0.350 e. The molecule has 2 rings (SSSR count). The van der Waals surface area contributed by atoms with E-state index in [-0.39, 0.29) is 11.9 Å². The van der Waals surface area contributed by atoms with Gasteiger partial charge in [0, 0.05) is 17.5 Å². The fraction of sp³-hybridized carbons (Fsp3) is 0.308. The fourth-order valence-corrected chi connectivity index (χ4v) is 3.09. The Bertz CT molecular complexity index is 477. The quantitative estimate of drug-likeness (QED) is 0.913. The van der Waals surface area contributed by atoms with Gasteiger partial charge in [-0.1, -0.05) is 0 Å². The summed E-state index contributed by atoms with van der Waals surface area (Å²) in [5.41, 5.74) is 1.98. The second-order valence-electron chi connectivity index (χ2n) is 4.26. The highest BCUT2D eigenvalue weighted by Gasteiger charge is 2.16. The molecule has 0 aliphatic carbocycles. The molecule has 1 atom stereocenters. The largest absolute Gasteiger partial charge is 0.350 e. The smallest absolute Gasteiger partial charge is 0.252 e. The average molecular weight is 280 g/mol. The Morgan fingerprint density at radius 1 is 1.28 bits per heavy atom. The molecule has 96 valence electrons. The molecule has 0 bridgehead atoms. The number of carbonyl (C=O) groups is 1. The van der Waals surface area contributed by atoms with Crippen LogP contribution in [0.15, 0.2) is 33.7 Å². The van der Waals surface area contributed by atoms with E-state index in [0.717, 1.165) is 5.56 Å². The van der Waals surface area contributed by atoms with Crippen LogP contribution >= 0.6 is 22.7 Å². The average Bonchev–Trinajstić information content (AvgIpc) is 3.01. The molecule has 2 aromatic rings. The van der Waals surface area contributed by atoms with Gasteiger partial charge in [-0.05, 0) is 47.9 Å². The van der Waals surface area contributed by atoms with Crippen LogP contribution in [-0.2, 0) is 0 Å². The minimum atomic E-state index is -0.00155. The van der Waals surface area contributed by atoms with Gasteiger partial charge < -0.3 is 10.2 Å². The summed E-state index contributed by atoms with van der Waals surface area (Å²) < 4.78 is 0. The van der Waals surface area contributed by atoms with Crippen LogP contribution < -0.4 is 5.32 Å². The van der Waals surface area contributed by atoms with Crippen molar-refractivity contribution in [2.75, 3.05) is 20.6 Å². The highest BCUT2D eigenvalue weighted by molar-refractivity contribution is 7.08. The maximum absolute atomic E-state index is 11.9. The Morgan fingerprint density at radius 2 is 2.00 bits per heavy atom. The van der Waals surface area contributed by atoms with Crippen molar-refractivity contribution < 1.29 is 4.79 Å². The summed E-state index contributed by atoms with van der Waals surface area (Å²) in [6.07, 6.45) is 0. The van der Waals surface area contributed by atoms with Crippen LogP contribution in [0.4, 0.5) is 0 Å². The zero-order chi connectivity index (χ0) is 13.0. The molecule has 0 fully saturated rings. The second kappa shape index (κ2) is 6.13. The van der Waals surface area contributed by atoms with Crippen LogP contribution in [0.25, 0.3) is 0 Å². The number of thiophene rings is 2. The predicted molar refractivity (Wildman–Crippen MR) is 77.4 cm³/mol. The zero-order valence-corrected chi connectivity index (χ0v) is 12.1. The van der Waals surface area contributed by atoms with Crippen molar-refractivity contribution >= 4 is 28.6 Å². The molecule has 0 spiro atoms. The summed E-state index contributed by atoms with van der Waals surface area (Å²) in [6.45, 7) is 0.623. The summed E-state index contributed by atoms with van der Waals surface area (Å²) in [7, 11) is 4.05. The molecular formula is C13H16N2OS2. The lowest BCUT2D eigenvalue weighted by atomic mass is 10.1. The van der Waals surface area contributed by atoms with E-state index >= 15 is 0 Å². The van der Waals surface area contributed by atoms with Crippen molar-refractivity contribution in [1.29, 1.82) is 0 Å². The second-order valence-corrected chi connectivity index (χ2v) is 5.82. The first-order valence-electron chi connectivity index (χ1n) is 5.67. The van der Waals surface area contributed by atoms with E-state index in [4.69, 9.17) is 0 Å². The molecular weight excluding hydrogens is 264 g/mol. The molecule has 0 aliphatic rings. The topological polar surface area (TPSA) is 32.3 Å². The number of nitrogens with zero attached hydrogens (tertiary/aromatic N) is 1. The van der Waals surface area contributed by atoms with Crippen molar-refractivity contribution in [3.63, 3.8) is 0 Å². The fourth-order valence-electron chi connectivity index (χ4n) is 1.75. The molecule has 5 heteroatoms. The molecule has 1 N–H and O–H groups in total. The number of nitrogens with one attached hydrogen (secondary N) is 1. The van der Waals surface area contributed by atoms with Crippen LogP contribution in [0.1, 0.15) is 22.0 Å². The molecule has 1 amide bonds. The molecule has 0 aromatic carbocycles. The van der Waals surface area contributed by atoms with Gasteiger partial charge in [-0.2, -0.15) is 22.7 Å². The number of amides is 1. The highest BCUT2D eigenvalue weighted by atomic mass is 32.1. The molecule has 0 saturated carbocycles. The first-order chi connectivity index (χ1) is 8.68. The monoisotopic (exact) mass is 280 g/mol. The Morgan fingerprint density at radius 3 is 2.56 bits per heavy atom. The van der Waals surface area contributed by atoms with Crippen LogP contribution in [0.5, 0.6) is 0 Å². The Kier molecular flexibility index (Phi) is 4.52. The van der Waals surface area contributed by atoms with Crippen molar-refractivity contribution in [2.45, 2.75) is 6.04 Å². The Labute approximate surface area is 115 Å². The Balaban J connectivity index is 1.97. The third-order valence-corrected chi connectivity index (χ3v) is 4.18. The summed E-state index contributed by atoms with van der Waals surface area (Å²) in [5, 5.41) is 11.0. The number of hydrogen-bond acceptors (Lipinski definition) is 4. The van der Waals surface area contributed by atoms with Gasteiger partial charge in [0.15, 0.2) is 0 Å². The number of carbonyl (C=O) groups excluding carboxylic acids is 1. The normalized spacial score (nSPS) is 12.6. The van der Waals surface area contributed by atoms with Gasteiger partial charge in [-0.3, -0.25) is 4.79 Å². The lowest BCUT2D eigenvalue weighted by Gasteiger charge is -2.23. The third kappa shape index (κ3) is 3.19. The summed E-state index contributed by atoms with van der Waals surface area (Å²) in [6, 6.07) is 4.17. The van der Waals surface area contributed by atoms with E-state index in [1.807, 2.05) is 30.9 Å². The Hall–Kier alpha value is -1.17. The van der Waals surface area contributed by atoms with Crippen molar-refractivity contribution in [1.82, 2.24) is 10.2 Å². The van der Waals surface area contributed by atoms with Crippen LogP contribution in [0.2, 0.25) is 0 Å². The standard InChI is InChI=1S/C13H16N2OS2/c1-15(2)12(10-3-5-17-8-10)7-14-13(16)11-4-6-18-9-11/h3-6,8-9,12H,7H2,1-2H3,(H,14,16). The molecule has 2 heterocycles. The lowest BCUT2D eigenvalue weighted by Crippen LogP contribution is -2.34. The molecule has 1 unspecified atom stereocenters. The summed E-state index contributed by atoms with van der Waals surface area (Å²) >= 11 is 3.22. The maximum Gasteiger partial charge on any atom is 0.252 e. The summed E-state index contributed by atoms with van der Waals surface area (Å²) in [4.78, 5) is 14.0. The zero-order valence-electron chi connectivity index (χ0n) is 10.4. The van der Waals surface area contributed by atoms with Gasteiger partial charge in [0.2, 0.25) is 0 Å². The van der Waals surface area contributed by atoms with E-state index in [1.165, 1.54) is 16.9 Å². The van der Waals surface area contributed by atoms with Gasteiger partial charge >= 0.3 is 0 Å². The molecule has 3 nitrogen and oxygen atoms in total. The van der Waals surface area contributed by atoms with E-state index in [9.17, 15) is 4.79 Å². The number of rotatable bonds is 5. The minimum absolute atomic E-state index is 0.00155. The van der Waals surface area contributed by atoms with Gasteiger partial charge in [0.1, 0.15) is 0 Å². The van der Waals surface area contributed by atoms with E-state index < -0.39 is 0 Å². The number of hydrogen-bond donors (Lipinski definition) is 1. The molecule has 18 heavy (non-hydrogen) atoms. The van der Waals surface area contributed by atoms with Gasteiger partial charge in [-0.15, -0.1) is 0 Å². The lowest BCUT2D eigenvalue weighted by molar-refractivity contribution is 0.0942. The van der Waals surface area contributed by atoms with E-state index in [0.29, 0.717) is 6.54 Å². The maximum atomic E-state index is 11.9. The third-order valence-electron chi connectivity index (χ3n) is 2.79. The molecule has 0 saturated heterocycles. The summed E-state index contributed by atoms with van der Waals surface area (Å²) in [5.74, 6) is -0.00155. The first-order valence-corrected chi connectivity index (χ1v) is 7.56. The van der Waals surface area contributed by atoms with Gasteiger partial charge in [-0.25, -0.2) is 0 Å². The van der Waals surface area contributed by atoms with E-state index in [1.54, 1.807) is 11.3 Å². The highest BCUT2D eigenvalue weighted by Crippen LogP contribution is 2.20. The van der Waals surface area contributed by atoms with Crippen molar-refractivity contribution in [3.05, 3.63) is 44.8 Å². The van der Waals surface area contributed by atoms with Gasteiger partial charge in [0.05, 0.1) is 6.04 Å². The van der Waals surface area contributed by atoms with E-state index in [2.05, 4.69) is 27.0 Å². The number of likely N-dealkylation sites (N-methyl/N-ethyl adjacent to an activating group) is 1. The first kappa shape index (κ1) is 13.3. The molecule has 2 aromatic heterocycles. The molecule has 0 aliphatic heterocycles. The predicted octanol–water partition coefficient (Wildman–Crippen LogP) is 2.84. The van der Waals surface area contributed by atoms with Crippen LogP contribution in [0, 0.1) is 0 Å².